The number of anilines is 1. The zero-order chi connectivity index (χ0) is 17.4. The molecule has 124 valence electrons. The number of rotatable bonds is 3. The maximum atomic E-state index is 12.7. The van der Waals surface area contributed by atoms with Crippen molar-refractivity contribution in [3.8, 4) is 0 Å². The molecular weight excluding hydrogens is 377 g/mol. The molecular formula is C12H8ClF3N2O3S2. The van der Waals surface area contributed by atoms with Crippen LogP contribution in [0.1, 0.15) is 15.9 Å². The summed E-state index contributed by atoms with van der Waals surface area (Å²) >= 11 is 6.21. The smallest absolute Gasteiger partial charge is 0.322 e. The zero-order valence-electron chi connectivity index (χ0n) is 11.0. The molecule has 0 radical (unpaired) electrons. The average Bonchev–Trinajstić information content (AvgIpc) is 2.89. The molecule has 0 aliphatic rings. The van der Waals surface area contributed by atoms with E-state index >= 15 is 0 Å². The van der Waals surface area contributed by atoms with E-state index in [1.54, 1.807) is 0 Å². The Balaban J connectivity index is 2.26. The highest BCUT2D eigenvalue weighted by molar-refractivity contribution is 7.91. The number of carbonyl (C=O) groups is 1. The van der Waals surface area contributed by atoms with Crippen molar-refractivity contribution in [1.29, 1.82) is 0 Å². The predicted octanol–water partition coefficient (Wildman–Crippen LogP) is 3.32. The molecule has 0 saturated carbocycles. The van der Waals surface area contributed by atoms with Crippen molar-refractivity contribution >= 4 is 44.6 Å². The van der Waals surface area contributed by atoms with E-state index < -0.39 is 32.7 Å². The Bertz CT molecular complexity index is 863. The van der Waals surface area contributed by atoms with Gasteiger partial charge in [0, 0.05) is 11.1 Å². The second kappa shape index (κ2) is 6.11. The van der Waals surface area contributed by atoms with E-state index in [-0.39, 0.29) is 15.5 Å². The number of hydrogen-bond acceptors (Lipinski definition) is 4. The fourth-order valence-electron chi connectivity index (χ4n) is 1.61. The molecule has 2 rings (SSSR count). The highest BCUT2D eigenvalue weighted by atomic mass is 35.5. The van der Waals surface area contributed by atoms with Gasteiger partial charge in [-0.05, 0) is 24.3 Å². The molecule has 0 spiro atoms. The summed E-state index contributed by atoms with van der Waals surface area (Å²) in [4.78, 5) is 11.9. The lowest BCUT2D eigenvalue weighted by Crippen LogP contribution is -2.13. The van der Waals surface area contributed by atoms with Gasteiger partial charge in [0.1, 0.15) is 4.21 Å². The molecule has 0 atom stereocenters. The maximum Gasteiger partial charge on any atom is 0.417 e. The molecule has 11 heteroatoms. The molecule has 5 nitrogen and oxygen atoms in total. The van der Waals surface area contributed by atoms with Gasteiger partial charge in [0.05, 0.1) is 16.1 Å². The molecule has 1 amide bonds. The van der Waals surface area contributed by atoms with Crippen molar-refractivity contribution in [1.82, 2.24) is 0 Å². The van der Waals surface area contributed by atoms with E-state index in [4.69, 9.17) is 16.7 Å². The van der Waals surface area contributed by atoms with Crippen LogP contribution in [-0.2, 0) is 16.2 Å². The fraction of sp³-hybridized carbons (Fsp3) is 0.0833. The first kappa shape index (κ1) is 17.7. The molecule has 0 fully saturated rings. The number of nitrogens with one attached hydrogen (secondary N) is 1. The highest BCUT2D eigenvalue weighted by Gasteiger charge is 2.33. The van der Waals surface area contributed by atoms with E-state index in [1.165, 1.54) is 11.4 Å². The number of nitrogens with two attached hydrogens (primary N) is 1. The van der Waals surface area contributed by atoms with Crippen LogP contribution < -0.4 is 10.5 Å². The number of carbonyl (C=O) groups excluding carboxylic acids is 1. The van der Waals surface area contributed by atoms with Crippen molar-refractivity contribution in [2.45, 2.75) is 10.4 Å². The van der Waals surface area contributed by atoms with Gasteiger partial charge in [-0.15, -0.1) is 11.3 Å². The number of sulfonamides is 1. The normalized spacial score (nSPS) is 12.2. The van der Waals surface area contributed by atoms with Gasteiger partial charge in [0.2, 0.25) is 10.0 Å². The van der Waals surface area contributed by atoms with E-state index in [0.717, 1.165) is 23.5 Å². The van der Waals surface area contributed by atoms with Crippen molar-refractivity contribution in [3.63, 3.8) is 0 Å². The summed E-state index contributed by atoms with van der Waals surface area (Å²) in [7, 11) is -3.95. The largest absolute Gasteiger partial charge is 0.417 e. The molecule has 2 aromatic rings. The van der Waals surface area contributed by atoms with Crippen LogP contribution in [0, 0.1) is 0 Å². The van der Waals surface area contributed by atoms with Gasteiger partial charge in [0.15, 0.2) is 0 Å². The average molecular weight is 385 g/mol. The molecule has 0 bridgehead atoms. The first-order valence-electron chi connectivity index (χ1n) is 5.78. The van der Waals surface area contributed by atoms with Crippen LogP contribution in [-0.4, -0.2) is 14.3 Å². The summed E-state index contributed by atoms with van der Waals surface area (Å²) in [6.07, 6.45) is -4.67. The highest BCUT2D eigenvalue weighted by Crippen LogP contribution is 2.36. The molecule has 0 saturated heterocycles. The Hall–Kier alpha value is -1.62. The fourth-order valence-corrected chi connectivity index (χ4v) is 3.42. The van der Waals surface area contributed by atoms with Gasteiger partial charge in [0.25, 0.3) is 5.91 Å². The monoisotopic (exact) mass is 384 g/mol. The van der Waals surface area contributed by atoms with Crippen molar-refractivity contribution in [2.24, 2.45) is 5.14 Å². The van der Waals surface area contributed by atoms with Gasteiger partial charge in [-0.2, -0.15) is 13.2 Å². The van der Waals surface area contributed by atoms with E-state index in [9.17, 15) is 26.4 Å². The van der Waals surface area contributed by atoms with Gasteiger partial charge in [-0.1, -0.05) is 11.6 Å². The third-order valence-electron chi connectivity index (χ3n) is 2.65. The summed E-state index contributed by atoms with van der Waals surface area (Å²) in [6.45, 7) is 0. The Morgan fingerprint density at radius 3 is 2.43 bits per heavy atom. The van der Waals surface area contributed by atoms with Crippen LogP contribution in [0.2, 0.25) is 5.02 Å². The van der Waals surface area contributed by atoms with Crippen LogP contribution in [0.4, 0.5) is 18.9 Å². The second-order valence-electron chi connectivity index (χ2n) is 4.35. The van der Waals surface area contributed by atoms with Gasteiger partial charge in [-0.3, -0.25) is 4.79 Å². The maximum absolute atomic E-state index is 12.7. The third-order valence-corrected chi connectivity index (χ3v) is 5.36. The van der Waals surface area contributed by atoms with Crippen molar-refractivity contribution in [2.75, 3.05) is 5.32 Å². The van der Waals surface area contributed by atoms with E-state index in [2.05, 4.69) is 5.32 Å². The SMILES string of the molecule is NS(=O)(=O)c1cc(C(=O)Nc2ccc(Cl)c(C(F)(F)F)c2)cs1. The summed E-state index contributed by atoms with van der Waals surface area (Å²) in [5.41, 5.74) is -1.26. The number of halogens is 4. The minimum absolute atomic E-state index is 0.0393. The van der Waals surface area contributed by atoms with E-state index in [0.29, 0.717) is 6.07 Å². The van der Waals surface area contributed by atoms with Crippen LogP contribution >= 0.6 is 22.9 Å². The number of hydrogen-bond donors (Lipinski definition) is 2. The second-order valence-corrected chi connectivity index (χ2v) is 7.45. The molecule has 1 heterocycles. The van der Waals surface area contributed by atoms with E-state index in [1.807, 2.05) is 0 Å². The number of primary sulfonamides is 1. The van der Waals surface area contributed by atoms with Gasteiger partial charge >= 0.3 is 6.18 Å². The Morgan fingerprint density at radius 2 is 1.91 bits per heavy atom. The first-order chi connectivity index (χ1) is 10.5. The summed E-state index contributed by atoms with van der Waals surface area (Å²) in [5, 5.41) is 7.89. The molecule has 0 aliphatic heterocycles. The molecule has 3 N–H and O–H groups in total. The van der Waals surface area contributed by atoms with Gasteiger partial charge in [-0.25, -0.2) is 13.6 Å². The number of thiophene rings is 1. The zero-order valence-corrected chi connectivity index (χ0v) is 13.4. The topological polar surface area (TPSA) is 89.3 Å². The van der Waals surface area contributed by atoms with Gasteiger partial charge < -0.3 is 5.32 Å². The Morgan fingerprint density at radius 1 is 1.26 bits per heavy atom. The Kier molecular flexibility index (Phi) is 4.71. The number of amides is 1. The van der Waals surface area contributed by atoms with Crippen molar-refractivity contribution in [3.05, 3.63) is 45.8 Å². The lowest BCUT2D eigenvalue weighted by molar-refractivity contribution is -0.137. The summed E-state index contributed by atoms with van der Waals surface area (Å²) < 4.78 is 60.3. The molecule has 1 aromatic heterocycles. The first-order valence-corrected chi connectivity index (χ1v) is 8.58. The van der Waals surface area contributed by atoms with Crippen molar-refractivity contribution < 1.29 is 26.4 Å². The minimum atomic E-state index is -4.67. The quantitative estimate of drug-likeness (QED) is 0.850. The van der Waals surface area contributed by atoms with Crippen LogP contribution in [0.15, 0.2) is 33.9 Å². The lowest BCUT2D eigenvalue weighted by Gasteiger charge is -2.11. The van der Waals surface area contributed by atoms with Crippen LogP contribution in [0.3, 0.4) is 0 Å². The number of benzene rings is 1. The standard InChI is InChI=1S/C12H8ClF3N2O3S2/c13-9-2-1-7(4-8(9)12(14,15)16)18-11(19)6-3-10(22-5-6)23(17,20)21/h1-5H,(H,18,19)(H2,17,20,21). The van der Waals surface area contributed by atoms with Crippen LogP contribution in [0.25, 0.3) is 0 Å². The minimum Gasteiger partial charge on any atom is -0.322 e. The predicted molar refractivity (Wildman–Crippen MR) is 80.1 cm³/mol. The van der Waals surface area contributed by atoms with Crippen LogP contribution in [0.5, 0.6) is 0 Å². The molecule has 0 aliphatic carbocycles. The summed E-state index contributed by atoms with van der Waals surface area (Å²) in [5.74, 6) is -0.772. The molecule has 23 heavy (non-hydrogen) atoms. The Labute approximate surface area is 137 Å². The summed E-state index contributed by atoms with van der Waals surface area (Å²) in [6, 6.07) is 3.93. The lowest BCUT2D eigenvalue weighted by atomic mass is 10.2. The third kappa shape index (κ3) is 4.22. The number of alkyl halides is 3. The molecule has 0 unspecified atom stereocenters. The molecule has 1 aromatic carbocycles.